The van der Waals surface area contributed by atoms with Crippen molar-refractivity contribution in [3.63, 3.8) is 0 Å². The van der Waals surface area contributed by atoms with Crippen LogP contribution in [0.15, 0.2) is 65.3 Å². The Labute approximate surface area is 173 Å². The summed E-state index contributed by atoms with van der Waals surface area (Å²) in [5, 5.41) is 2.76. The molecule has 2 aliphatic rings. The second kappa shape index (κ2) is 7.44. The summed E-state index contributed by atoms with van der Waals surface area (Å²) in [4.78, 5) is 26.7. The summed E-state index contributed by atoms with van der Waals surface area (Å²) in [6.07, 6.45) is 4.88. The Morgan fingerprint density at radius 2 is 1.90 bits per heavy atom. The maximum Gasteiger partial charge on any atom is 0.291 e. The molecule has 0 bridgehead atoms. The zero-order valence-electron chi connectivity index (χ0n) is 15.8. The molecule has 1 aromatic heterocycles. The van der Waals surface area contributed by atoms with E-state index >= 15 is 0 Å². The predicted octanol–water partition coefficient (Wildman–Crippen LogP) is 4.80. The van der Waals surface area contributed by atoms with E-state index in [0.717, 1.165) is 24.1 Å². The summed E-state index contributed by atoms with van der Waals surface area (Å²) in [5.74, 6) is 0.591. The molecule has 5 nitrogen and oxygen atoms in total. The van der Waals surface area contributed by atoms with Crippen LogP contribution in [0.5, 0.6) is 0 Å². The van der Waals surface area contributed by atoms with Gasteiger partial charge in [-0.05, 0) is 72.4 Å². The minimum Gasteiger partial charge on any atom is -0.459 e. The Bertz CT molecular complexity index is 1060. The van der Waals surface area contributed by atoms with Gasteiger partial charge in [-0.3, -0.25) is 14.5 Å². The van der Waals surface area contributed by atoms with E-state index in [4.69, 9.17) is 4.42 Å². The number of fused-ring (bicyclic) bond motifs is 1. The number of carbonyl (C=O) groups excluding carboxylic acids is 2. The van der Waals surface area contributed by atoms with Gasteiger partial charge in [-0.25, -0.2) is 0 Å². The summed E-state index contributed by atoms with van der Waals surface area (Å²) in [6.45, 7) is 0. The van der Waals surface area contributed by atoms with Gasteiger partial charge >= 0.3 is 0 Å². The smallest absolute Gasteiger partial charge is 0.291 e. The maximum absolute atomic E-state index is 12.6. The van der Waals surface area contributed by atoms with Crippen molar-refractivity contribution in [2.45, 2.75) is 24.6 Å². The highest BCUT2D eigenvalue weighted by atomic mass is 32.2. The van der Waals surface area contributed by atoms with Crippen molar-refractivity contribution in [2.24, 2.45) is 0 Å². The largest absolute Gasteiger partial charge is 0.459 e. The summed E-state index contributed by atoms with van der Waals surface area (Å²) in [6, 6.07) is 17.4. The molecule has 1 N–H and O–H groups in total. The molecular formula is C23H20N2O3S. The molecule has 0 unspecified atom stereocenters. The fourth-order valence-electron chi connectivity index (χ4n) is 3.99. The van der Waals surface area contributed by atoms with Crippen LogP contribution in [-0.4, -0.2) is 17.6 Å². The van der Waals surface area contributed by atoms with Gasteiger partial charge in [0.1, 0.15) is 5.37 Å². The maximum atomic E-state index is 12.6. The number of carbonyl (C=O) groups is 2. The first-order valence-electron chi connectivity index (χ1n) is 9.69. The molecular weight excluding hydrogens is 384 g/mol. The molecule has 146 valence electrons. The molecule has 3 aromatic rings. The Hall–Kier alpha value is -2.99. The lowest BCUT2D eigenvalue weighted by Gasteiger charge is -2.25. The highest BCUT2D eigenvalue weighted by Crippen LogP contribution is 2.42. The molecule has 1 fully saturated rings. The number of hydrogen-bond donors (Lipinski definition) is 1. The Morgan fingerprint density at radius 1 is 1.07 bits per heavy atom. The van der Waals surface area contributed by atoms with Crippen molar-refractivity contribution < 1.29 is 14.0 Å². The van der Waals surface area contributed by atoms with Crippen molar-refractivity contribution >= 4 is 35.0 Å². The van der Waals surface area contributed by atoms with Gasteiger partial charge < -0.3 is 9.73 Å². The normalized spacial score (nSPS) is 18.1. The zero-order valence-corrected chi connectivity index (χ0v) is 16.6. The SMILES string of the molecule is O=C(Nc1ccc([C@H]2SCC(=O)N2c2ccc3c(c2)CCC3)cc1)c1ccco1. The van der Waals surface area contributed by atoms with Gasteiger partial charge in [0.2, 0.25) is 5.91 Å². The molecule has 29 heavy (non-hydrogen) atoms. The number of rotatable bonds is 4. The van der Waals surface area contributed by atoms with E-state index in [9.17, 15) is 9.59 Å². The summed E-state index contributed by atoms with van der Waals surface area (Å²) < 4.78 is 5.12. The molecule has 1 atom stereocenters. The lowest BCUT2D eigenvalue weighted by atomic mass is 10.1. The number of amides is 2. The van der Waals surface area contributed by atoms with E-state index in [2.05, 4.69) is 23.5 Å². The van der Waals surface area contributed by atoms with Crippen LogP contribution in [0.3, 0.4) is 0 Å². The molecule has 0 saturated carbocycles. The number of furan rings is 1. The first kappa shape index (κ1) is 18.1. The van der Waals surface area contributed by atoms with E-state index in [1.54, 1.807) is 23.9 Å². The van der Waals surface area contributed by atoms with E-state index < -0.39 is 0 Å². The number of nitrogens with zero attached hydrogens (tertiary/aromatic N) is 1. The molecule has 2 heterocycles. The van der Waals surface area contributed by atoms with Crippen LogP contribution in [0.25, 0.3) is 0 Å². The third-order valence-corrected chi connectivity index (χ3v) is 6.64. The average molecular weight is 404 g/mol. The standard InChI is InChI=1S/C23H20N2O3S/c26-21-14-29-23(25(21)19-11-8-15-3-1-4-17(15)13-19)16-6-9-18(10-7-16)24-22(27)20-5-2-12-28-20/h2,5-13,23H,1,3-4,14H2,(H,24,27)/t23-/m1/s1. The van der Waals surface area contributed by atoms with Gasteiger partial charge in [-0.1, -0.05) is 18.2 Å². The first-order valence-corrected chi connectivity index (χ1v) is 10.7. The highest BCUT2D eigenvalue weighted by molar-refractivity contribution is 8.00. The number of nitrogens with one attached hydrogen (secondary N) is 1. The van der Waals surface area contributed by atoms with Crippen molar-refractivity contribution in [1.82, 2.24) is 0 Å². The van der Waals surface area contributed by atoms with Crippen molar-refractivity contribution in [3.05, 3.63) is 83.3 Å². The highest BCUT2D eigenvalue weighted by Gasteiger charge is 2.34. The lowest BCUT2D eigenvalue weighted by Crippen LogP contribution is -2.27. The number of hydrogen-bond acceptors (Lipinski definition) is 4. The molecule has 1 saturated heterocycles. The van der Waals surface area contributed by atoms with E-state index in [1.165, 1.54) is 23.8 Å². The Balaban J connectivity index is 1.36. The van der Waals surface area contributed by atoms with Crippen LogP contribution < -0.4 is 10.2 Å². The van der Waals surface area contributed by atoms with Crippen LogP contribution in [-0.2, 0) is 17.6 Å². The van der Waals surface area contributed by atoms with Crippen molar-refractivity contribution in [2.75, 3.05) is 16.0 Å². The van der Waals surface area contributed by atoms with Gasteiger partial charge in [0.05, 0.1) is 12.0 Å². The summed E-state index contributed by atoms with van der Waals surface area (Å²) in [7, 11) is 0. The minimum atomic E-state index is -0.284. The number of thioether (sulfide) groups is 1. The quantitative estimate of drug-likeness (QED) is 0.679. The Kier molecular flexibility index (Phi) is 4.64. The second-order valence-corrected chi connectivity index (χ2v) is 8.36. The molecule has 1 aliphatic carbocycles. The number of benzene rings is 2. The molecule has 6 heteroatoms. The number of aryl methyl sites for hydroxylation is 2. The predicted molar refractivity (Wildman–Crippen MR) is 114 cm³/mol. The van der Waals surface area contributed by atoms with Crippen LogP contribution in [0.2, 0.25) is 0 Å². The molecule has 2 amide bonds. The van der Waals surface area contributed by atoms with Gasteiger partial charge in [0.25, 0.3) is 5.91 Å². The van der Waals surface area contributed by atoms with E-state index in [0.29, 0.717) is 11.4 Å². The zero-order chi connectivity index (χ0) is 19.8. The number of anilines is 2. The topological polar surface area (TPSA) is 62.6 Å². The first-order chi connectivity index (χ1) is 14.2. The summed E-state index contributed by atoms with van der Waals surface area (Å²) in [5.41, 5.74) is 5.47. The van der Waals surface area contributed by atoms with E-state index in [-0.39, 0.29) is 22.9 Å². The third kappa shape index (κ3) is 3.44. The molecule has 5 rings (SSSR count). The monoisotopic (exact) mass is 404 g/mol. The Morgan fingerprint density at radius 3 is 2.69 bits per heavy atom. The van der Waals surface area contributed by atoms with Gasteiger partial charge in [0, 0.05) is 11.4 Å². The van der Waals surface area contributed by atoms with Gasteiger partial charge in [-0.2, -0.15) is 0 Å². The second-order valence-electron chi connectivity index (χ2n) is 7.29. The van der Waals surface area contributed by atoms with Crippen molar-refractivity contribution in [3.8, 4) is 0 Å². The molecule has 0 radical (unpaired) electrons. The van der Waals surface area contributed by atoms with Crippen LogP contribution in [0.4, 0.5) is 11.4 Å². The molecule has 2 aromatic carbocycles. The molecule has 0 spiro atoms. The van der Waals surface area contributed by atoms with Crippen LogP contribution >= 0.6 is 11.8 Å². The minimum absolute atomic E-state index is 0.0585. The summed E-state index contributed by atoms with van der Waals surface area (Å²) >= 11 is 1.63. The average Bonchev–Trinajstić information content (AvgIpc) is 3.49. The van der Waals surface area contributed by atoms with Gasteiger partial charge in [-0.15, -0.1) is 11.8 Å². The lowest BCUT2D eigenvalue weighted by molar-refractivity contribution is -0.115. The fraction of sp³-hybridized carbons (Fsp3) is 0.217. The van der Waals surface area contributed by atoms with Crippen LogP contribution in [0, 0.1) is 0 Å². The van der Waals surface area contributed by atoms with E-state index in [1.807, 2.05) is 29.2 Å². The van der Waals surface area contributed by atoms with Crippen molar-refractivity contribution in [1.29, 1.82) is 0 Å². The van der Waals surface area contributed by atoms with Gasteiger partial charge in [0.15, 0.2) is 5.76 Å². The molecule has 1 aliphatic heterocycles. The third-order valence-electron chi connectivity index (χ3n) is 5.43. The van der Waals surface area contributed by atoms with Crippen LogP contribution in [0.1, 0.15) is 39.0 Å². The fourth-order valence-corrected chi connectivity index (χ4v) is 5.17.